The highest BCUT2D eigenvalue weighted by atomic mass is 79.9. The van der Waals surface area contributed by atoms with Crippen molar-refractivity contribution in [1.82, 2.24) is 0 Å². The Bertz CT molecular complexity index is 181. The zero-order valence-electron chi connectivity index (χ0n) is 12.9. The summed E-state index contributed by atoms with van der Waals surface area (Å²) in [6, 6.07) is 0.932. The van der Waals surface area contributed by atoms with E-state index in [-0.39, 0.29) is 0 Å². The molecular weight excluding hydrogens is 324 g/mol. The molecule has 0 aliphatic carbocycles. The summed E-state index contributed by atoms with van der Waals surface area (Å²) in [6.45, 7) is 0. The van der Waals surface area contributed by atoms with Gasteiger partial charge in [0, 0.05) is 32.7 Å². The van der Waals surface area contributed by atoms with E-state index in [0.29, 0.717) is 0 Å². The first-order valence-electron chi connectivity index (χ1n) is 7.46. The number of hydrogen-bond donors (Lipinski definition) is 0. The lowest BCUT2D eigenvalue weighted by atomic mass is 10.1. The molecule has 0 aliphatic rings. The Hall–Kier alpha value is 0.577. The van der Waals surface area contributed by atoms with Crippen LogP contribution in [0.15, 0.2) is 0 Å². The fourth-order valence-corrected chi connectivity index (χ4v) is 4.42. The second kappa shape index (κ2) is 13.6. The quantitative estimate of drug-likeness (QED) is 0.255. The second-order valence-electron chi connectivity index (χ2n) is 4.92. The molecule has 0 atom stereocenters. The van der Waals surface area contributed by atoms with Crippen LogP contribution in [0.2, 0.25) is 6.04 Å². The van der Waals surface area contributed by atoms with Gasteiger partial charge in [0.15, 0.2) is 0 Å². The van der Waals surface area contributed by atoms with E-state index in [2.05, 4.69) is 15.9 Å². The van der Waals surface area contributed by atoms with Crippen LogP contribution in [0.3, 0.4) is 0 Å². The first-order valence-corrected chi connectivity index (χ1v) is 10.5. The lowest BCUT2D eigenvalue weighted by molar-refractivity contribution is 0.122. The van der Waals surface area contributed by atoms with Crippen LogP contribution in [0.4, 0.5) is 0 Å². The van der Waals surface area contributed by atoms with E-state index < -0.39 is 8.80 Å². The Kier molecular flexibility index (Phi) is 14.0. The van der Waals surface area contributed by atoms with Crippen molar-refractivity contribution in [3.63, 3.8) is 0 Å². The molecule has 3 nitrogen and oxygen atoms in total. The first kappa shape index (κ1) is 19.6. The van der Waals surface area contributed by atoms with Crippen molar-refractivity contribution in [2.24, 2.45) is 0 Å². The van der Waals surface area contributed by atoms with Gasteiger partial charge in [-0.1, -0.05) is 60.9 Å². The molecule has 5 heteroatoms. The van der Waals surface area contributed by atoms with Crippen LogP contribution < -0.4 is 0 Å². The molecule has 0 saturated heterocycles. The van der Waals surface area contributed by atoms with E-state index in [4.69, 9.17) is 13.3 Å². The van der Waals surface area contributed by atoms with Gasteiger partial charge >= 0.3 is 8.80 Å². The largest absolute Gasteiger partial charge is 0.500 e. The summed E-state index contributed by atoms with van der Waals surface area (Å²) in [6.07, 6.45) is 11.9. The SMILES string of the molecule is CO[Si](CCCCCCCCCCCBr)(OC)OC. The van der Waals surface area contributed by atoms with Crippen LogP contribution in [-0.2, 0) is 13.3 Å². The Labute approximate surface area is 128 Å². The molecule has 0 fully saturated rings. The molecule has 0 saturated carbocycles. The van der Waals surface area contributed by atoms with Gasteiger partial charge in [-0.2, -0.15) is 0 Å². The lowest BCUT2D eigenvalue weighted by Crippen LogP contribution is -2.42. The Balaban J connectivity index is 3.35. The summed E-state index contributed by atoms with van der Waals surface area (Å²) in [5.41, 5.74) is 0. The normalized spacial score (nSPS) is 12.0. The van der Waals surface area contributed by atoms with Crippen molar-refractivity contribution in [3.8, 4) is 0 Å². The molecule has 0 unspecified atom stereocenters. The van der Waals surface area contributed by atoms with Crippen molar-refractivity contribution >= 4 is 24.7 Å². The highest BCUT2D eigenvalue weighted by molar-refractivity contribution is 9.09. The van der Waals surface area contributed by atoms with Gasteiger partial charge in [0.25, 0.3) is 0 Å². The fourth-order valence-electron chi connectivity index (χ4n) is 2.23. The first-order chi connectivity index (χ1) is 9.24. The molecule has 0 spiro atoms. The summed E-state index contributed by atoms with van der Waals surface area (Å²) in [4.78, 5) is 0. The van der Waals surface area contributed by atoms with Gasteiger partial charge < -0.3 is 13.3 Å². The summed E-state index contributed by atoms with van der Waals surface area (Å²) in [5.74, 6) is 0. The third-order valence-electron chi connectivity index (χ3n) is 3.55. The van der Waals surface area contributed by atoms with E-state index in [1.807, 2.05) is 0 Å². The Morgan fingerprint density at radius 3 is 1.37 bits per heavy atom. The molecule has 19 heavy (non-hydrogen) atoms. The average Bonchev–Trinajstić information content (AvgIpc) is 2.46. The maximum atomic E-state index is 5.41. The van der Waals surface area contributed by atoms with Crippen LogP contribution in [0.1, 0.15) is 57.8 Å². The van der Waals surface area contributed by atoms with Gasteiger partial charge in [-0.25, -0.2) is 0 Å². The molecule has 0 aromatic rings. The van der Waals surface area contributed by atoms with Crippen LogP contribution in [0, 0.1) is 0 Å². The van der Waals surface area contributed by atoms with E-state index in [1.54, 1.807) is 21.3 Å². The topological polar surface area (TPSA) is 27.7 Å². The summed E-state index contributed by atoms with van der Waals surface area (Å²) < 4.78 is 16.2. The summed E-state index contributed by atoms with van der Waals surface area (Å²) in [7, 11) is 2.75. The minimum atomic E-state index is -2.31. The smallest absolute Gasteiger partial charge is 0.377 e. The molecule has 0 aromatic heterocycles. The summed E-state index contributed by atoms with van der Waals surface area (Å²) >= 11 is 3.47. The second-order valence-corrected chi connectivity index (χ2v) is 8.80. The molecule has 0 aliphatic heterocycles. The Morgan fingerprint density at radius 2 is 1.00 bits per heavy atom. The zero-order valence-corrected chi connectivity index (χ0v) is 15.5. The number of unbranched alkanes of at least 4 members (excludes halogenated alkanes) is 8. The van der Waals surface area contributed by atoms with E-state index >= 15 is 0 Å². The van der Waals surface area contributed by atoms with Crippen LogP contribution >= 0.6 is 15.9 Å². The molecule has 0 heterocycles. The Morgan fingerprint density at radius 1 is 0.632 bits per heavy atom. The zero-order chi connectivity index (χ0) is 14.4. The van der Waals surface area contributed by atoms with Crippen molar-refractivity contribution in [2.75, 3.05) is 26.7 Å². The van der Waals surface area contributed by atoms with Crippen molar-refractivity contribution in [1.29, 1.82) is 0 Å². The monoisotopic (exact) mass is 354 g/mol. The lowest BCUT2D eigenvalue weighted by Gasteiger charge is -2.24. The number of rotatable bonds is 14. The van der Waals surface area contributed by atoms with Gasteiger partial charge in [0.2, 0.25) is 0 Å². The highest BCUT2D eigenvalue weighted by Crippen LogP contribution is 2.18. The number of hydrogen-bond acceptors (Lipinski definition) is 3. The number of halogens is 1. The maximum absolute atomic E-state index is 5.41. The van der Waals surface area contributed by atoms with Crippen LogP contribution in [-0.4, -0.2) is 35.5 Å². The predicted molar refractivity (Wildman–Crippen MR) is 86.9 cm³/mol. The molecule has 0 bridgehead atoms. The molecule has 0 radical (unpaired) electrons. The minimum absolute atomic E-state index is 0.932. The molecular formula is C14H31BrO3Si. The maximum Gasteiger partial charge on any atom is 0.500 e. The molecule has 116 valence electrons. The molecule has 0 rings (SSSR count). The van der Waals surface area contributed by atoms with E-state index in [9.17, 15) is 0 Å². The van der Waals surface area contributed by atoms with Gasteiger partial charge in [-0.15, -0.1) is 0 Å². The minimum Gasteiger partial charge on any atom is -0.377 e. The highest BCUT2D eigenvalue weighted by Gasteiger charge is 2.36. The van der Waals surface area contributed by atoms with Crippen molar-refractivity contribution < 1.29 is 13.3 Å². The van der Waals surface area contributed by atoms with Gasteiger partial charge in [-0.3, -0.25) is 0 Å². The predicted octanol–water partition coefficient (Wildman–Crippen LogP) is 4.77. The number of alkyl halides is 1. The van der Waals surface area contributed by atoms with Crippen LogP contribution in [0.25, 0.3) is 0 Å². The fraction of sp³-hybridized carbons (Fsp3) is 1.00. The van der Waals surface area contributed by atoms with E-state index in [1.165, 1.54) is 51.4 Å². The third kappa shape index (κ3) is 10.0. The summed E-state index contributed by atoms with van der Waals surface area (Å²) in [5, 5.41) is 1.15. The van der Waals surface area contributed by atoms with Gasteiger partial charge in [0.1, 0.15) is 0 Å². The van der Waals surface area contributed by atoms with Crippen molar-refractivity contribution in [3.05, 3.63) is 0 Å². The van der Waals surface area contributed by atoms with E-state index in [0.717, 1.165) is 17.8 Å². The third-order valence-corrected chi connectivity index (χ3v) is 6.94. The molecule has 0 aromatic carbocycles. The van der Waals surface area contributed by atoms with Gasteiger partial charge in [0.05, 0.1) is 0 Å². The molecule has 0 N–H and O–H groups in total. The molecule has 0 amide bonds. The van der Waals surface area contributed by atoms with Gasteiger partial charge in [-0.05, 0) is 12.8 Å². The average molecular weight is 355 g/mol. The van der Waals surface area contributed by atoms with Crippen LogP contribution in [0.5, 0.6) is 0 Å². The van der Waals surface area contributed by atoms with Crippen molar-refractivity contribution in [2.45, 2.75) is 63.8 Å². The standard InChI is InChI=1S/C14H31BrO3Si/c1-16-19(17-2,18-3)14-12-10-8-6-4-5-7-9-11-13-15/h4-14H2,1-3H3.